The smallest absolute Gasteiger partial charge is 0.329 e. The van der Waals surface area contributed by atoms with E-state index in [2.05, 4.69) is 22.7 Å². The summed E-state index contributed by atoms with van der Waals surface area (Å²) in [5.74, 6) is 1.32. The van der Waals surface area contributed by atoms with E-state index < -0.39 is 0 Å². The summed E-state index contributed by atoms with van der Waals surface area (Å²) in [6.07, 6.45) is 0.282. The average molecular weight is 375 g/mol. The first-order chi connectivity index (χ1) is 13.1. The van der Waals surface area contributed by atoms with Gasteiger partial charge in [-0.15, -0.1) is 0 Å². The standard InChI is InChI=1S/C18H25N5O4/c1-21-4-6-22(7-5-21)20-18(25)19-13-10-17(24)23(12-13)14-2-3-15-16(11-14)27-9-8-26-15/h2-3,11,13H,4-10,12H2,1H3,(H2,19,20,25). The van der Waals surface area contributed by atoms with Crippen LogP contribution in [0.15, 0.2) is 18.2 Å². The van der Waals surface area contributed by atoms with Gasteiger partial charge in [-0.05, 0) is 19.2 Å². The van der Waals surface area contributed by atoms with Gasteiger partial charge in [-0.1, -0.05) is 0 Å². The zero-order chi connectivity index (χ0) is 18.8. The molecule has 1 aromatic carbocycles. The van der Waals surface area contributed by atoms with E-state index in [9.17, 15) is 9.59 Å². The summed E-state index contributed by atoms with van der Waals surface area (Å²) in [6.45, 7) is 4.88. The number of hydrazine groups is 1. The first-order valence-electron chi connectivity index (χ1n) is 9.29. The Kier molecular flexibility index (Phi) is 5.04. The Morgan fingerprint density at radius 1 is 1.11 bits per heavy atom. The quantitative estimate of drug-likeness (QED) is 0.775. The number of rotatable bonds is 3. The number of nitrogens with one attached hydrogen (secondary N) is 2. The van der Waals surface area contributed by atoms with Gasteiger partial charge in [0, 0.05) is 50.9 Å². The number of urea groups is 1. The van der Waals surface area contributed by atoms with Crippen molar-refractivity contribution in [3.63, 3.8) is 0 Å². The van der Waals surface area contributed by atoms with Crippen molar-refractivity contribution < 1.29 is 19.1 Å². The molecule has 3 aliphatic heterocycles. The molecule has 3 aliphatic rings. The number of nitrogens with zero attached hydrogens (tertiary/aromatic N) is 3. The molecule has 1 atom stereocenters. The minimum absolute atomic E-state index is 0.0171. The van der Waals surface area contributed by atoms with Crippen molar-refractivity contribution in [2.75, 3.05) is 57.9 Å². The molecule has 0 aliphatic carbocycles. The lowest BCUT2D eigenvalue weighted by Crippen LogP contribution is -2.56. The third-order valence-corrected chi connectivity index (χ3v) is 5.06. The van der Waals surface area contributed by atoms with E-state index in [4.69, 9.17) is 9.47 Å². The molecule has 4 rings (SSSR count). The van der Waals surface area contributed by atoms with Crippen molar-refractivity contribution in [1.29, 1.82) is 0 Å². The van der Waals surface area contributed by atoms with Gasteiger partial charge in [0.1, 0.15) is 13.2 Å². The summed E-state index contributed by atoms with van der Waals surface area (Å²) in [5.41, 5.74) is 3.62. The third-order valence-electron chi connectivity index (χ3n) is 5.06. The minimum Gasteiger partial charge on any atom is -0.486 e. The zero-order valence-electron chi connectivity index (χ0n) is 15.4. The number of carbonyl (C=O) groups is 2. The van der Waals surface area contributed by atoms with Crippen LogP contribution in [0, 0.1) is 0 Å². The van der Waals surface area contributed by atoms with Crippen LogP contribution in [0.25, 0.3) is 0 Å². The highest BCUT2D eigenvalue weighted by Gasteiger charge is 2.32. The van der Waals surface area contributed by atoms with Crippen molar-refractivity contribution >= 4 is 17.6 Å². The van der Waals surface area contributed by atoms with Gasteiger partial charge in [0.25, 0.3) is 0 Å². The molecule has 146 valence electrons. The molecule has 0 radical (unpaired) electrons. The van der Waals surface area contributed by atoms with Gasteiger partial charge in [0.15, 0.2) is 11.5 Å². The highest BCUT2D eigenvalue weighted by molar-refractivity contribution is 5.97. The van der Waals surface area contributed by atoms with Crippen molar-refractivity contribution in [3.05, 3.63) is 18.2 Å². The van der Waals surface area contributed by atoms with E-state index in [0.29, 0.717) is 31.3 Å². The number of hydrogen-bond donors (Lipinski definition) is 2. The normalized spacial score (nSPS) is 23.4. The molecule has 3 amide bonds. The topological polar surface area (TPSA) is 86.4 Å². The fourth-order valence-corrected chi connectivity index (χ4v) is 3.53. The number of hydrogen-bond acceptors (Lipinski definition) is 6. The van der Waals surface area contributed by atoms with Crippen LogP contribution in [0.1, 0.15) is 6.42 Å². The molecule has 2 saturated heterocycles. The second-order valence-electron chi connectivity index (χ2n) is 7.11. The van der Waals surface area contributed by atoms with Gasteiger partial charge in [0.2, 0.25) is 5.91 Å². The van der Waals surface area contributed by atoms with E-state index in [1.54, 1.807) is 4.90 Å². The lowest BCUT2D eigenvalue weighted by Gasteiger charge is -2.32. The molecule has 0 spiro atoms. The first kappa shape index (κ1) is 17.9. The number of amides is 3. The highest BCUT2D eigenvalue weighted by atomic mass is 16.6. The van der Waals surface area contributed by atoms with Crippen LogP contribution >= 0.6 is 0 Å². The predicted octanol–water partition coefficient (Wildman–Crippen LogP) is 0.0247. The predicted molar refractivity (Wildman–Crippen MR) is 98.9 cm³/mol. The molecule has 9 nitrogen and oxygen atoms in total. The molecule has 0 aromatic heterocycles. The van der Waals surface area contributed by atoms with Crippen LogP contribution < -0.4 is 25.1 Å². The maximum Gasteiger partial charge on any atom is 0.329 e. The van der Waals surface area contributed by atoms with E-state index >= 15 is 0 Å². The molecule has 0 saturated carbocycles. The summed E-state index contributed by atoms with van der Waals surface area (Å²) < 4.78 is 11.1. The second kappa shape index (κ2) is 7.61. The van der Waals surface area contributed by atoms with E-state index in [1.807, 2.05) is 23.2 Å². The number of carbonyl (C=O) groups excluding carboxylic acids is 2. The van der Waals surface area contributed by atoms with Gasteiger partial charge in [-0.3, -0.25) is 10.2 Å². The summed E-state index contributed by atoms with van der Waals surface area (Å²) in [6, 6.07) is 4.99. The SMILES string of the molecule is CN1CCN(NC(=O)NC2CC(=O)N(c3ccc4c(c3)OCCO4)C2)CC1. The molecular weight excluding hydrogens is 350 g/mol. The summed E-state index contributed by atoms with van der Waals surface area (Å²) in [5, 5.41) is 4.81. The number of piperazine rings is 1. The lowest BCUT2D eigenvalue weighted by atomic mass is 10.2. The number of likely N-dealkylation sites (N-methyl/N-ethyl adjacent to an activating group) is 1. The van der Waals surface area contributed by atoms with Crippen molar-refractivity contribution in [1.82, 2.24) is 20.7 Å². The average Bonchev–Trinajstić information content (AvgIpc) is 3.03. The van der Waals surface area contributed by atoms with Crippen LogP contribution in [-0.2, 0) is 4.79 Å². The monoisotopic (exact) mass is 375 g/mol. The Labute approximate surface area is 158 Å². The van der Waals surface area contributed by atoms with Gasteiger partial charge < -0.3 is 24.6 Å². The maximum atomic E-state index is 12.4. The number of ether oxygens (including phenoxy) is 2. The van der Waals surface area contributed by atoms with Gasteiger partial charge >= 0.3 is 6.03 Å². The highest BCUT2D eigenvalue weighted by Crippen LogP contribution is 2.35. The van der Waals surface area contributed by atoms with Gasteiger partial charge in [-0.2, -0.15) is 0 Å². The summed E-state index contributed by atoms with van der Waals surface area (Å²) in [4.78, 5) is 28.6. The molecule has 2 fully saturated rings. The van der Waals surface area contributed by atoms with Crippen LogP contribution in [0.4, 0.5) is 10.5 Å². The molecule has 1 aromatic rings. The molecule has 27 heavy (non-hydrogen) atoms. The van der Waals surface area contributed by atoms with E-state index in [-0.39, 0.29) is 24.4 Å². The Bertz CT molecular complexity index is 720. The minimum atomic E-state index is -0.263. The molecule has 2 N–H and O–H groups in total. The van der Waals surface area contributed by atoms with Crippen LogP contribution in [0.3, 0.4) is 0 Å². The van der Waals surface area contributed by atoms with E-state index in [0.717, 1.165) is 31.9 Å². The Balaban J connectivity index is 1.33. The largest absolute Gasteiger partial charge is 0.486 e. The van der Waals surface area contributed by atoms with Crippen LogP contribution in [0.5, 0.6) is 11.5 Å². The van der Waals surface area contributed by atoms with Crippen LogP contribution in [0.2, 0.25) is 0 Å². The summed E-state index contributed by atoms with van der Waals surface area (Å²) >= 11 is 0. The van der Waals surface area contributed by atoms with Gasteiger partial charge in [0.05, 0.1) is 6.04 Å². The third kappa shape index (κ3) is 4.09. The molecular formula is C18H25N5O4. The summed E-state index contributed by atoms with van der Waals surface area (Å²) in [7, 11) is 2.06. The fraction of sp³-hybridized carbons (Fsp3) is 0.556. The first-order valence-corrected chi connectivity index (χ1v) is 9.29. The van der Waals surface area contributed by atoms with Gasteiger partial charge in [-0.25, -0.2) is 9.80 Å². The lowest BCUT2D eigenvalue weighted by molar-refractivity contribution is -0.117. The fourth-order valence-electron chi connectivity index (χ4n) is 3.53. The van der Waals surface area contributed by atoms with Crippen molar-refractivity contribution in [3.8, 4) is 11.5 Å². The molecule has 1 unspecified atom stereocenters. The van der Waals surface area contributed by atoms with Crippen molar-refractivity contribution in [2.24, 2.45) is 0 Å². The van der Waals surface area contributed by atoms with Crippen LogP contribution in [-0.4, -0.2) is 80.9 Å². The second-order valence-corrected chi connectivity index (χ2v) is 7.11. The Morgan fingerprint density at radius 2 is 1.85 bits per heavy atom. The Hall–Kier alpha value is -2.52. The number of benzene rings is 1. The van der Waals surface area contributed by atoms with E-state index in [1.165, 1.54) is 0 Å². The Morgan fingerprint density at radius 3 is 2.63 bits per heavy atom. The van der Waals surface area contributed by atoms with Crippen molar-refractivity contribution in [2.45, 2.75) is 12.5 Å². The number of anilines is 1. The molecule has 3 heterocycles. The maximum absolute atomic E-state index is 12.4. The molecule has 0 bridgehead atoms. The number of fused-ring (bicyclic) bond motifs is 1. The zero-order valence-corrected chi connectivity index (χ0v) is 15.4. The molecule has 9 heteroatoms.